The monoisotopic (exact) mass is 472 g/mol. The topological polar surface area (TPSA) is 118 Å². The number of hydrogen-bond acceptors (Lipinski definition) is 7. The molecular weight excluding hydrogens is 451 g/mol. The van der Waals surface area contributed by atoms with Gasteiger partial charge in [0.25, 0.3) is 5.91 Å². The molecule has 0 fully saturated rings. The van der Waals surface area contributed by atoms with Gasteiger partial charge in [0.1, 0.15) is 5.82 Å². The minimum absolute atomic E-state index is 0.0938. The third-order valence-corrected chi connectivity index (χ3v) is 4.71. The van der Waals surface area contributed by atoms with E-state index in [2.05, 4.69) is 30.9 Å². The van der Waals surface area contributed by atoms with Crippen LogP contribution in [0.5, 0.6) is 5.75 Å². The van der Waals surface area contributed by atoms with E-state index in [1.54, 1.807) is 6.07 Å². The Morgan fingerprint density at radius 1 is 1.15 bits per heavy atom. The normalized spacial score (nSPS) is 10.4. The molecule has 9 nitrogen and oxygen atoms in total. The third kappa shape index (κ3) is 6.36. The summed E-state index contributed by atoms with van der Waals surface area (Å²) >= 11 is 5.99. The minimum atomic E-state index is -0.529. The molecule has 1 aromatic carbocycles. The Balaban J connectivity index is 1.82. The van der Waals surface area contributed by atoms with Gasteiger partial charge >= 0.3 is 0 Å². The summed E-state index contributed by atoms with van der Waals surface area (Å²) in [6, 6.07) is 5.69. The molecule has 2 amide bonds. The number of ether oxygens (including phenoxy) is 1. The van der Waals surface area contributed by atoms with E-state index in [4.69, 9.17) is 16.3 Å². The van der Waals surface area contributed by atoms with Gasteiger partial charge in [0, 0.05) is 37.4 Å². The molecule has 0 saturated heterocycles. The quantitative estimate of drug-likeness (QED) is 0.409. The zero-order valence-corrected chi connectivity index (χ0v) is 18.7. The minimum Gasteiger partial charge on any atom is -0.491 e. The number of nitrogens with one attached hydrogen (secondary N) is 3. The van der Waals surface area contributed by atoms with E-state index in [1.807, 2.05) is 0 Å². The molecule has 0 radical (unpaired) electrons. The number of aromatic nitrogens is 3. The van der Waals surface area contributed by atoms with Crippen LogP contribution in [0.25, 0.3) is 11.4 Å². The fourth-order valence-corrected chi connectivity index (χ4v) is 3.04. The summed E-state index contributed by atoms with van der Waals surface area (Å²) in [4.78, 5) is 36.1. The summed E-state index contributed by atoms with van der Waals surface area (Å²) in [5, 5.41) is 8.83. The van der Waals surface area contributed by atoms with Gasteiger partial charge in [-0.1, -0.05) is 11.6 Å². The molecule has 11 heteroatoms. The average molecular weight is 473 g/mol. The number of benzene rings is 1. The first-order valence-corrected chi connectivity index (χ1v) is 10.4. The fourth-order valence-electron chi connectivity index (χ4n) is 2.87. The lowest BCUT2D eigenvalue weighted by atomic mass is 10.2. The van der Waals surface area contributed by atoms with Crippen LogP contribution >= 0.6 is 11.6 Å². The van der Waals surface area contributed by atoms with E-state index in [-0.39, 0.29) is 34.6 Å². The van der Waals surface area contributed by atoms with Crippen molar-refractivity contribution in [2.45, 2.75) is 13.3 Å². The van der Waals surface area contributed by atoms with Crippen molar-refractivity contribution in [2.75, 3.05) is 25.5 Å². The Bertz CT molecular complexity index is 1160. The molecule has 0 aliphatic carbocycles. The molecule has 0 spiro atoms. The van der Waals surface area contributed by atoms with E-state index in [9.17, 15) is 14.0 Å². The molecule has 2 heterocycles. The van der Waals surface area contributed by atoms with Crippen molar-refractivity contribution in [1.82, 2.24) is 25.6 Å². The lowest BCUT2D eigenvalue weighted by Crippen LogP contribution is -2.29. The van der Waals surface area contributed by atoms with Gasteiger partial charge in [-0.3, -0.25) is 14.6 Å². The van der Waals surface area contributed by atoms with Gasteiger partial charge in [0.2, 0.25) is 5.91 Å². The molecule has 0 bridgehead atoms. The van der Waals surface area contributed by atoms with Crippen molar-refractivity contribution >= 4 is 34.9 Å². The van der Waals surface area contributed by atoms with Crippen LogP contribution in [0, 0.1) is 5.82 Å². The van der Waals surface area contributed by atoms with Gasteiger partial charge < -0.3 is 20.7 Å². The lowest BCUT2D eigenvalue weighted by molar-refractivity contribution is -0.118. The maximum Gasteiger partial charge on any atom is 0.254 e. The molecule has 0 aliphatic heterocycles. The van der Waals surface area contributed by atoms with Crippen molar-refractivity contribution in [3.05, 3.63) is 59.3 Å². The van der Waals surface area contributed by atoms with Crippen molar-refractivity contribution in [3.63, 3.8) is 0 Å². The van der Waals surface area contributed by atoms with Gasteiger partial charge in [-0.2, -0.15) is 0 Å². The molecule has 0 aliphatic rings. The number of amides is 2. The van der Waals surface area contributed by atoms with Crippen LogP contribution in [0.15, 0.2) is 42.9 Å². The summed E-state index contributed by atoms with van der Waals surface area (Å²) in [5.74, 6) is -0.402. The Morgan fingerprint density at radius 3 is 2.70 bits per heavy atom. The number of carbonyl (C=O) groups is 2. The number of carbonyl (C=O) groups excluding carboxylic acids is 2. The van der Waals surface area contributed by atoms with Crippen molar-refractivity contribution in [1.29, 1.82) is 0 Å². The Hall–Kier alpha value is -3.79. The highest BCUT2D eigenvalue weighted by molar-refractivity contribution is 6.30. The van der Waals surface area contributed by atoms with E-state index < -0.39 is 5.82 Å². The number of methoxy groups -OCH3 is 1. The second-order valence-corrected chi connectivity index (χ2v) is 7.31. The molecule has 0 atom stereocenters. The highest BCUT2D eigenvalue weighted by Crippen LogP contribution is 2.30. The number of rotatable bonds is 9. The van der Waals surface area contributed by atoms with Crippen LogP contribution in [-0.4, -0.2) is 47.0 Å². The third-order valence-electron chi connectivity index (χ3n) is 4.48. The molecule has 3 rings (SSSR count). The number of halogens is 2. The summed E-state index contributed by atoms with van der Waals surface area (Å²) in [5.41, 5.74) is 0.812. The molecule has 0 saturated carbocycles. The second-order valence-electron chi connectivity index (χ2n) is 6.87. The largest absolute Gasteiger partial charge is 0.491 e. The van der Waals surface area contributed by atoms with Crippen LogP contribution in [0.4, 0.5) is 15.9 Å². The number of anilines is 2. The molecule has 0 unspecified atom stereocenters. The van der Waals surface area contributed by atoms with Gasteiger partial charge in [-0.05, 0) is 30.7 Å². The molecular formula is C22H22ClFN6O3. The number of pyridine rings is 1. The van der Waals surface area contributed by atoms with E-state index in [0.29, 0.717) is 36.0 Å². The maximum atomic E-state index is 14.3. The first-order chi connectivity index (χ1) is 15.9. The van der Waals surface area contributed by atoms with Crippen molar-refractivity contribution in [3.8, 4) is 17.1 Å². The zero-order chi connectivity index (χ0) is 23.8. The van der Waals surface area contributed by atoms with Crippen LogP contribution in [0.1, 0.15) is 23.7 Å². The van der Waals surface area contributed by atoms with Crippen LogP contribution in [-0.2, 0) is 4.79 Å². The van der Waals surface area contributed by atoms with Crippen LogP contribution in [0.3, 0.4) is 0 Å². The molecule has 2 aromatic heterocycles. The molecule has 3 aromatic rings. The Morgan fingerprint density at radius 2 is 1.94 bits per heavy atom. The Kier molecular flexibility index (Phi) is 8.09. The standard InChI is InChI=1S/C22H22ClFN6O3/c1-13(31)26-7-3-8-27-22(32)16-11-25-9-6-18(16)29-21-19(33-2)12-28-20(30-21)15-10-14(23)4-5-17(15)24/h4-6,9-12H,3,7-8H2,1-2H3,(H,26,31)(H,27,32)(H,25,28,29,30). The highest BCUT2D eigenvalue weighted by atomic mass is 35.5. The van der Waals surface area contributed by atoms with Gasteiger partial charge in [-0.25, -0.2) is 14.4 Å². The highest BCUT2D eigenvalue weighted by Gasteiger charge is 2.17. The Labute approximate surface area is 194 Å². The maximum absolute atomic E-state index is 14.3. The van der Waals surface area contributed by atoms with E-state index in [0.717, 1.165) is 0 Å². The van der Waals surface area contributed by atoms with Crippen LogP contribution < -0.4 is 20.7 Å². The molecule has 3 N–H and O–H groups in total. The van der Waals surface area contributed by atoms with Crippen LogP contribution in [0.2, 0.25) is 5.02 Å². The fraction of sp³-hybridized carbons (Fsp3) is 0.227. The molecule has 33 heavy (non-hydrogen) atoms. The smallest absolute Gasteiger partial charge is 0.254 e. The zero-order valence-electron chi connectivity index (χ0n) is 18.0. The van der Waals surface area contributed by atoms with Crippen molar-refractivity contribution < 1.29 is 18.7 Å². The van der Waals surface area contributed by atoms with Gasteiger partial charge in [-0.15, -0.1) is 0 Å². The predicted octanol–water partition coefficient (Wildman–Crippen LogP) is 3.34. The first kappa shape index (κ1) is 23.9. The number of hydrogen-bond donors (Lipinski definition) is 3. The number of nitrogens with zero attached hydrogens (tertiary/aromatic N) is 3. The van der Waals surface area contributed by atoms with Crippen molar-refractivity contribution in [2.24, 2.45) is 0 Å². The van der Waals surface area contributed by atoms with Gasteiger partial charge in [0.05, 0.1) is 30.1 Å². The summed E-state index contributed by atoms with van der Waals surface area (Å²) < 4.78 is 19.6. The van der Waals surface area contributed by atoms with E-state index >= 15 is 0 Å². The summed E-state index contributed by atoms with van der Waals surface area (Å²) in [6.07, 6.45) is 4.90. The molecule has 172 valence electrons. The summed E-state index contributed by atoms with van der Waals surface area (Å²) in [7, 11) is 1.44. The van der Waals surface area contributed by atoms with E-state index in [1.165, 1.54) is 50.8 Å². The SMILES string of the molecule is COc1cnc(-c2cc(Cl)ccc2F)nc1Nc1ccncc1C(=O)NCCCNC(C)=O. The lowest BCUT2D eigenvalue weighted by Gasteiger charge is -2.14. The second kappa shape index (κ2) is 11.2. The first-order valence-electron chi connectivity index (χ1n) is 9.99. The predicted molar refractivity (Wildman–Crippen MR) is 122 cm³/mol. The summed E-state index contributed by atoms with van der Waals surface area (Å²) in [6.45, 7) is 2.25. The van der Waals surface area contributed by atoms with Gasteiger partial charge in [0.15, 0.2) is 17.4 Å². The average Bonchev–Trinajstić information content (AvgIpc) is 2.80.